The van der Waals surface area contributed by atoms with Crippen LogP contribution in [0.1, 0.15) is 25.7 Å². The maximum absolute atomic E-state index is 11.0. The number of nitrogens with two attached hydrogens (primary N) is 1. The zero-order valence-electron chi connectivity index (χ0n) is 12.5. The van der Waals surface area contributed by atoms with Crippen LogP contribution in [0.4, 0.5) is 0 Å². The van der Waals surface area contributed by atoms with E-state index in [-0.39, 0.29) is 18.3 Å². The second-order valence-corrected chi connectivity index (χ2v) is 6.06. The molecule has 1 aromatic carbocycles. The Labute approximate surface area is 144 Å². The number of benzene rings is 1. The summed E-state index contributed by atoms with van der Waals surface area (Å²) in [6, 6.07) is 5.49. The highest BCUT2D eigenvalue weighted by Gasteiger charge is 2.19. The largest absolute Gasteiger partial charge is 0.492 e. The van der Waals surface area contributed by atoms with Crippen molar-refractivity contribution in [2.45, 2.75) is 31.7 Å². The van der Waals surface area contributed by atoms with Crippen molar-refractivity contribution in [2.24, 2.45) is 11.7 Å². The lowest BCUT2D eigenvalue weighted by Gasteiger charge is -2.26. The first-order chi connectivity index (χ1) is 10.6. The minimum atomic E-state index is -0.592. The van der Waals surface area contributed by atoms with Crippen LogP contribution in [-0.2, 0) is 0 Å². The van der Waals surface area contributed by atoms with E-state index in [1.165, 1.54) is 0 Å². The van der Waals surface area contributed by atoms with Crippen LogP contribution >= 0.6 is 24.0 Å². The maximum Gasteiger partial charge on any atom is 0.434 e. The van der Waals surface area contributed by atoms with Crippen molar-refractivity contribution in [2.75, 3.05) is 6.61 Å². The Hall–Kier alpha value is -1.50. The number of hydrogen-bond acceptors (Lipinski definition) is 5. The fourth-order valence-corrected chi connectivity index (χ4v) is 2.83. The van der Waals surface area contributed by atoms with Crippen LogP contribution in [0.3, 0.4) is 0 Å². The molecule has 0 saturated heterocycles. The summed E-state index contributed by atoms with van der Waals surface area (Å²) in [5, 5.41) is 6.55. The van der Waals surface area contributed by atoms with E-state index in [2.05, 4.69) is 10.2 Å². The summed E-state index contributed by atoms with van der Waals surface area (Å²) >= 11 is 6.16. The molecule has 1 saturated carbocycles. The van der Waals surface area contributed by atoms with Gasteiger partial charge in [0, 0.05) is 11.6 Å². The summed E-state index contributed by atoms with van der Waals surface area (Å²) in [7, 11) is 0. The van der Waals surface area contributed by atoms with Crippen LogP contribution in [0.2, 0.25) is 5.02 Å². The third-order valence-electron chi connectivity index (χ3n) is 3.98. The van der Waals surface area contributed by atoms with Crippen molar-refractivity contribution in [1.29, 1.82) is 0 Å². The molecule has 6 nitrogen and oxygen atoms in total. The molecule has 1 aliphatic carbocycles. The Morgan fingerprint density at radius 2 is 2.09 bits per heavy atom. The molecule has 1 aromatic heterocycles. The zero-order valence-corrected chi connectivity index (χ0v) is 14.0. The first-order valence-corrected chi connectivity index (χ1v) is 7.73. The van der Waals surface area contributed by atoms with Gasteiger partial charge in [-0.25, -0.2) is 9.89 Å². The van der Waals surface area contributed by atoms with Crippen LogP contribution in [0.25, 0.3) is 11.5 Å². The van der Waals surface area contributed by atoms with E-state index in [4.69, 9.17) is 26.5 Å². The van der Waals surface area contributed by atoms with Crippen molar-refractivity contribution >= 4 is 24.0 Å². The average Bonchev–Trinajstić information content (AvgIpc) is 2.95. The summed E-state index contributed by atoms with van der Waals surface area (Å²) in [5.41, 5.74) is 6.55. The van der Waals surface area contributed by atoms with Crippen LogP contribution in [0.15, 0.2) is 27.4 Å². The third-order valence-corrected chi connectivity index (χ3v) is 4.29. The fraction of sp³-hybridized carbons (Fsp3) is 0.467. The SMILES string of the molecule is Cl.N[C@H]1CC[C@@H](COc2cc(-c3n[nH]c(=O)o3)ccc2Cl)CC1. The lowest BCUT2D eigenvalue weighted by Crippen LogP contribution is -2.28. The highest BCUT2D eigenvalue weighted by atomic mass is 35.5. The first-order valence-electron chi connectivity index (χ1n) is 7.35. The molecule has 8 heteroatoms. The minimum absolute atomic E-state index is 0. The molecule has 2 aromatic rings. The molecular weight excluding hydrogens is 341 g/mol. The van der Waals surface area contributed by atoms with Crippen LogP contribution in [0.5, 0.6) is 5.75 Å². The number of H-pyrrole nitrogens is 1. The monoisotopic (exact) mass is 359 g/mol. The normalized spacial score (nSPS) is 20.8. The van der Waals surface area contributed by atoms with Gasteiger partial charge in [-0.05, 0) is 49.8 Å². The van der Waals surface area contributed by atoms with Gasteiger partial charge in [0.25, 0.3) is 0 Å². The number of aromatic nitrogens is 2. The molecule has 0 unspecified atom stereocenters. The summed E-state index contributed by atoms with van der Waals surface area (Å²) in [4.78, 5) is 11.0. The summed E-state index contributed by atoms with van der Waals surface area (Å²) in [5.74, 6) is 0.698. The van der Waals surface area contributed by atoms with E-state index in [9.17, 15) is 4.79 Å². The molecule has 1 aliphatic rings. The number of nitrogens with zero attached hydrogens (tertiary/aromatic N) is 1. The molecule has 0 aliphatic heterocycles. The molecular formula is C15H19Cl2N3O3. The predicted molar refractivity (Wildman–Crippen MR) is 90.2 cm³/mol. The Morgan fingerprint density at radius 3 is 2.74 bits per heavy atom. The molecule has 3 N–H and O–H groups in total. The maximum atomic E-state index is 11.0. The number of aromatic amines is 1. The first kappa shape index (κ1) is 17.8. The summed E-state index contributed by atoms with van der Waals surface area (Å²) in [6.07, 6.45) is 4.24. The Balaban J connectivity index is 0.00000192. The lowest BCUT2D eigenvalue weighted by molar-refractivity contribution is 0.200. The summed E-state index contributed by atoms with van der Waals surface area (Å²) < 4.78 is 10.8. The van der Waals surface area contributed by atoms with E-state index in [0.29, 0.717) is 34.9 Å². The highest BCUT2D eigenvalue weighted by Crippen LogP contribution is 2.31. The summed E-state index contributed by atoms with van der Waals surface area (Å²) in [6.45, 7) is 0.612. The standard InChI is InChI=1S/C15H18ClN3O3.ClH/c16-12-6-3-10(14-18-19-15(20)22-14)7-13(12)21-8-9-1-4-11(17)5-2-9;/h3,6-7,9,11H,1-2,4-5,8,17H2,(H,19,20);1H/t9-,11+;. The second kappa shape index (κ2) is 7.86. The van der Waals surface area contributed by atoms with E-state index < -0.39 is 5.76 Å². The molecule has 1 fully saturated rings. The molecule has 3 rings (SSSR count). The number of rotatable bonds is 4. The molecule has 126 valence electrons. The Morgan fingerprint density at radius 1 is 1.35 bits per heavy atom. The van der Waals surface area contributed by atoms with Crippen molar-refractivity contribution < 1.29 is 9.15 Å². The molecule has 0 atom stereocenters. The zero-order chi connectivity index (χ0) is 15.5. The molecule has 0 bridgehead atoms. The molecule has 1 heterocycles. The lowest BCUT2D eigenvalue weighted by atomic mass is 9.87. The van der Waals surface area contributed by atoms with Gasteiger partial charge in [0.1, 0.15) is 5.75 Å². The van der Waals surface area contributed by atoms with Gasteiger partial charge in [0.05, 0.1) is 11.6 Å². The van der Waals surface area contributed by atoms with Crippen LogP contribution in [-0.4, -0.2) is 22.8 Å². The van der Waals surface area contributed by atoms with E-state index in [1.54, 1.807) is 18.2 Å². The van der Waals surface area contributed by atoms with Gasteiger partial charge < -0.3 is 14.9 Å². The van der Waals surface area contributed by atoms with Crippen molar-refractivity contribution in [3.8, 4) is 17.2 Å². The second-order valence-electron chi connectivity index (χ2n) is 5.66. The van der Waals surface area contributed by atoms with Gasteiger partial charge in [-0.3, -0.25) is 0 Å². The average molecular weight is 360 g/mol. The third kappa shape index (κ3) is 4.50. The van der Waals surface area contributed by atoms with Gasteiger partial charge in [-0.2, -0.15) is 0 Å². The molecule has 23 heavy (non-hydrogen) atoms. The van der Waals surface area contributed by atoms with Gasteiger partial charge in [0.2, 0.25) is 5.89 Å². The predicted octanol–water partition coefficient (Wildman–Crippen LogP) is 3.00. The highest BCUT2D eigenvalue weighted by molar-refractivity contribution is 6.32. The van der Waals surface area contributed by atoms with Gasteiger partial charge in [0.15, 0.2) is 0 Å². The quantitative estimate of drug-likeness (QED) is 0.874. The van der Waals surface area contributed by atoms with Gasteiger partial charge in [-0.1, -0.05) is 11.6 Å². The number of halogens is 2. The fourth-order valence-electron chi connectivity index (χ4n) is 2.66. The topological polar surface area (TPSA) is 94.1 Å². The van der Waals surface area contributed by atoms with Gasteiger partial charge >= 0.3 is 5.76 Å². The van der Waals surface area contributed by atoms with Crippen molar-refractivity contribution in [1.82, 2.24) is 10.2 Å². The molecule has 0 spiro atoms. The number of hydrogen-bond donors (Lipinski definition) is 2. The van der Waals surface area contributed by atoms with E-state index in [1.807, 2.05) is 0 Å². The smallest absolute Gasteiger partial charge is 0.434 e. The van der Waals surface area contributed by atoms with Crippen LogP contribution < -0.4 is 16.2 Å². The van der Waals surface area contributed by atoms with Gasteiger partial charge in [-0.15, -0.1) is 17.5 Å². The number of nitrogens with one attached hydrogen (secondary N) is 1. The number of ether oxygens (including phenoxy) is 1. The minimum Gasteiger partial charge on any atom is -0.492 e. The van der Waals surface area contributed by atoms with Crippen molar-refractivity contribution in [3.05, 3.63) is 33.8 Å². The van der Waals surface area contributed by atoms with Crippen molar-refractivity contribution in [3.63, 3.8) is 0 Å². The molecule has 0 amide bonds. The Kier molecular flexibility index (Phi) is 6.10. The van der Waals surface area contributed by atoms with Crippen LogP contribution in [0, 0.1) is 5.92 Å². The molecule has 0 radical (unpaired) electrons. The van der Waals surface area contributed by atoms with E-state index >= 15 is 0 Å². The van der Waals surface area contributed by atoms with E-state index in [0.717, 1.165) is 25.7 Å². The Bertz CT molecular complexity index is 693.